The molecule has 0 aliphatic carbocycles. The number of benzene rings is 2. The van der Waals surface area contributed by atoms with Crippen molar-refractivity contribution in [1.82, 2.24) is 5.43 Å². The van der Waals surface area contributed by atoms with Crippen molar-refractivity contribution in [3.05, 3.63) is 69.8 Å². The Bertz CT molecular complexity index is 992. The van der Waals surface area contributed by atoms with Gasteiger partial charge in [-0.1, -0.05) is 36.7 Å². The Hall–Kier alpha value is -2.59. The van der Waals surface area contributed by atoms with Gasteiger partial charge in [-0.25, -0.2) is 5.43 Å². The fourth-order valence-electron chi connectivity index (χ4n) is 3.84. The molecule has 1 heterocycles. The molecule has 0 spiro atoms. The summed E-state index contributed by atoms with van der Waals surface area (Å²) < 4.78 is 0. The lowest BCUT2D eigenvalue weighted by atomic mass is 9.88. The summed E-state index contributed by atoms with van der Waals surface area (Å²) in [6.45, 7) is 11.8. The van der Waals surface area contributed by atoms with Crippen molar-refractivity contribution in [1.29, 1.82) is 0 Å². The zero-order valence-corrected chi connectivity index (χ0v) is 18.5. The summed E-state index contributed by atoms with van der Waals surface area (Å²) in [4.78, 5) is 14.8. The largest absolute Gasteiger partial charge is 0.362 e. The van der Waals surface area contributed by atoms with E-state index in [2.05, 4.69) is 61.3 Å². The molecule has 152 valence electrons. The molecule has 3 rings (SSSR count). The van der Waals surface area contributed by atoms with Gasteiger partial charge in [-0.15, -0.1) is 0 Å². The molecule has 1 aliphatic heterocycles. The van der Waals surface area contributed by atoms with Crippen molar-refractivity contribution in [3.8, 4) is 0 Å². The van der Waals surface area contributed by atoms with Gasteiger partial charge in [0, 0.05) is 17.8 Å². The van der Waals surface area contributed by atoms with Crippen LogP contribution in [0.25, 0.3) is 5.57 Å². The summed E-state index contributed by atoms with van der Waals surface area (Å²) in [5, 5.41) is 4.55. The molecule has 4 nitrogen and oxygen atoms in total. The summed E-state index contributed by atoms with van der Waals surface area (Å²) in [7, 11) is 0. The number of carbonyl (C=O) groups is 1. The Balaban J connectivity index is 1.79. The van der Waals surface area contributed by atoms with Gasteiger partial charge >= 0.3 is 0 Å². The number of amides is 1. The zero-order chi connectivity index (χ0) is 21.2. The van der Waals surface area contributed by atoms with Crippen molar-refractivity contribution in [3.63, 3.8) is 0 Å². The maximum atomic E-state index is 12.3. The fraction of sp³-hybridized carbons (Fsp3) is 0.333. The van der Waals surface area contributed by atoms with E-state index in [0.29, 0.717) is 10.6 Å². The predicted molar refractivity (Wildman–Crippen MR) is 123 cm³/mol. The number of nitrogens with zero attached hydrogens (tertiary/aromatic N) is 2. The number of rotatable bonds is 5. The van der Waals surface area contributed by atoms with E-state index in [1.165, 1.54) is 16.8 Å². The SMILES string of the molecule is CCCN1c2ccc(/C=N\NC(=O)c3ccc(C)cc3Cl)cc2C(C)=CC1(C)C. The highest BCUT2D eigenvalue weighted by Gasteiger charge is 2.30. The van der Waals surface area contributed by atoms with Crippen molar-refractivity contribution in [2.75, 3.05) is 11.4 Å². The van der Waals surface area contributed by atoms with E-state index in [1.807, 2.05) is 19.1 Å². The van der Waals surface area contributed by atoms with Gasteiger partial charge in [-0.05, 0) is 75.1 Å². The van der Waals surface area contributed by atoms with Crippen LogP contribution >= 0.6 is 11.6 Å². The predicted octanol–water partition coefficient (Wildman–Crippen LogP) is 5.82. The lowest BCUT2D eigenvalue weighted by Gasteiger charge is -2.43. The van der Waals surface area contributed by atoms with Crippen LogP contribution in [0.4, 0.5) is 5.69 Å². The molecule has 1 aliphatic rings. The van der Waals surface area contributed by atoms with Gasteiger partial charge in [0.1, 0.15) is 0 Å². The van der Waals surface area contributed by atoms with Gasteiger partial charge in [-0.3, -0.25) is 4.79 Å². The van der Waals surface area contributed by atoms with Crippen LogP contribution in [-0.2, 0) is 0 Å². The van der Waals surface area contributed by atoms with Crippen LogP contribution in [0, 0.1) is 6.92 Å². The van der Waals surface area contributed by atoms with Gasteiger partial charge in [0.25, 0.3) is 5.91 Å². The van der Waals surface area contributed by atoms with Crippen LogP contribution in [0.5, 0.6) is 0 Å². The van der Waals surface area contributed by atoms with E-state index in [0.717, 1.165) is 24.1 Å². The molecule has 0 bridgehead atoms. The molecule has 0 saturated heterocycles. The van der Waals surface area contributed by atoms with Crippen LogP contribution in [0.15, 0.2) is 47.6 Å². The Morgan fingerprint density at radius 3 is 2.66 bits per heavy atom. The number of halogens is 1. The first-order valence-corrected chi connectivity index (χ1v) is 10.3. The van der Waals surface area contributed by atoms with E-state index in [-0.39, 0.29) is 11.4 Å². The van der Waals surface area contributed by atoms with Crippen LogP contribution in [0.1, 0.15) is 61.2 Å². The van der Waals surface area contributed by atoms with E-state index >= 15 is 0 Å². The first-order chi connectivity index (χ1) is 13.7. The second-order valence-electron chi connectivity index (χ2n) is 8.09. The summed E-state index contributed by atoms with van der Waals surface area (Å²) in [5.41, 5.74) is 8.60. The molecule has 0 saturated carbocycles. The third-order valence-corrected chi connectivity index (χ3v) is 5.51. The lowest BCUT2D eigenvalue weighted by Crippen LogP contribution is -2.45. The number of hydrazone groups is 1. The molecule has 2 aromatic rings. The van der Waals surface area contributed by atoms with E-state index in [4.69, 9.17) is 11.6 Å². The highest BCUT2D eigenvalue weighted by atomic mass is 35.5. The van der Waals surface area contributed by atoms with Gasteiger partial charge in [0.2, 0.25) is 0 Å². The molecule has 5 heteroatoms. The molecule has 1 N–H and O–H groups in total. The number of carbonyl (C=O) groups excluding carboxylic acids is 1. The fourth-order valence-corrected chi connectivity index (χ4v) is 4.16. The summed E-state index contributed by atoms with van der Waals surface area (Å²) >= 11 is 6.15. The minimum Gasteiger partial charge on any atom is -0.362 e. The highest BCUT2D eigenvalue weighted by molar-refractivity contribution is 6.33. The molecule has 0 unspecified atom stereocenters. The number of fused-ring (bicyclic) bond motifs is 1. The highest BCUT2D eigenvalue weighted by Crippen LogP contribution is 2.39. The summed E-state index contributed by atoms with van der Waals surface area (Å²) in [6, 6.07) is 11.6. The van der Waals surface area contributed by atoms with Gasteiger partial charge in [-0.2, -0.15) is 5.10 Å². The second-order valence-corrected chi connectivity index (χ2v) is 8.50. The maximum absolute atomic E-state index is 12.3. The Morgan fingerprint density at radius 2 is 1.97 bits per heavy atom. The first-order valence-electron chi connectivity index (χ1n) is 9.94. The topological polar surface area (TPSA) is 44.7 Å². The Labute approximate surface area is 178 Å². The quantitative estimate of drug-likeness (QED) is 0.499. The van der Waals surface area contributed by atoms with E-state index in [9.17, 15) is 4.79 Å². The molecule has 2 aromatic carbocycles. The van der Waals surface area contributed by atoms with Crippen molar-refractivity contribution in [2.24, 2.45) is 5.10 Å². The molecular weight excluding hydrogens is 382 g/mol. The monoisotopic (exact) mass is 409 g/mol. The number of hydrogen-bond acceptors (Lipinski definition) is 3. The second kappa shape index (κ2) is 8.42. The molecule has 29 heavy (non-hydrogen) atoms. The number of nitrogens with one attached hydrogen (secondary N) is 1. The molecular formula is C24H28ClN3O. The molecule has 1 amide bonds. The maximum Gasteiger partial charge on any atom is 0.272 e. The van der Waals surface area contributed by atoms with E-state index < -0.39 is 0 Å². The van der Waals surface area contributed by atoms with Gasteiger partial charge in [0.05, 0.1) is 22.3 Å². The average Bonchev–Trinajstić information content (AvgIpc) is 2.64. The summed E-state index contributed by atoms with van der Waals surface area (Å²) in [6.07, 6.45) is 5.07. The molecule has 0 aromatic heterocycles. The van der Waals surface area contributed by atoms with Crippen molar-refractivity contribution >= 4 is 35.0 Å². The Morgan fingerprint density at radius 1 is 1.21 bits per heavy atom. The molecule has 0 fully saturated rings. The van der Waals surface area contributed by atoms with E-state index in [1.54, 1.807) is 18.3 Å². The van der Waals surface area contributed by atoms with Crippen LogP contribution in [0.2, 0.25) is 5.02 Å². The van der Waals surface area contributed by atoms with Crippen LogP contribution in [-0.4, -0.2) is 24.2 Å². The molecule has 0 atom stereocenters. The van der Waals surface area contributed by atoms with Crippen molar-refractivity contribution < 1.29 is 4.79 Å². The minimum atomic E-state index is -0.323. The summed E-state index contributed by atoms with van der Waals surface area (Å²) in [5.74, 6) is -0.323. The average molecular weight is 410 g/mol. The number of anilines is 1. The minimum absolute atomic E-state index is 0.00994. The Kier molecular flexibility index (Phi) is 6.13. The first kappa shape index (κ1) is 21.1. The molecule has 0 radical (unpaired) electrons. The number of aryl methyl sites for hydroxylation is 1. The van der Waals surface area contributed by atoms with Gasteiger partial charge in [0.15, 0.2) is 0 Å². The third kappa shape index (κ3) is 4.54. The normalized spacial score (nSPS) is 15.2. The van der Waals surface area contributed by atoms with Crippen LogP contribution < -0.4 is 10.3 Å². The number of allylic oxidation sites excluding steroid dienone is 1. The smallest absolute Gasteiger partial charge is 0.272 e. The lowest BCUT2D eigenvalue weighted by molar-refractivity contribution is 0.0955. The van der Waals surface area contributed by atoms with Crippen LogP contribution in [0.3, 0.4) is 0 Å². The standard InChI is InChI=1S/C24H28ClN3O/c1-6-11-28-22-10-8-18(13-20(22)17(3)14-24(28,4)5)15-26-27-23(29)19-9-7-16(2)12-21(19)25/h7-10,12-15H,6,11H2,1-5H3,(H,27,29)/b26-15-. The zero-order valence-electron chi connectivity index (χ0n) is 17.7. The van der Waals surface area contributed by atoms with Crippen molar-refractivity contribution in [2.45, 2.75) is 46.6 Å². The third-order valence-electron chi connectivity index (χ3n) is 5.20. The van der Waals surface area contributed by atoms with Gasteiger partial charge < -0.3 is 4.90 Å². The number of hydrogen-bond donors (Lipinski definition) is 1.